The van der Waals surface area contributed by atoms with Gasteiger partial charge in [0, 0.05) is 5.56 Å². The van der Waals surface area contributed by atoms with Crippen molar-refractivity contribution >= 4 is 6.29 Å². The average molecular weight is 146 g/mol. The third-order valence-corrected chi connectivity index (χ3v) is 1.32. The molecule has 0 fully saturated rings. The average Bonchev–Trinajstić information content (AvgIpc) is 2.04. The lowest BCUT2D eigenvalue weighted by atomic mass is 10.1. The molecule has 0 saturated heterocycles. The van der Waals surface area contributed by atoms with Gasteiger partial charge in [-0.2, -0.15) is 0 Å². The fourth-order valence-corrected chi connectivity index (χ4v) is 0.733. The molecule has 0 amide bonds. The van der Waals surface area contributed by atoms with Crippen LogP contribution in [-0.2, 0) is 0 Å². The Morgan fingerprint density at radius 1 is 1.55 bits per heavy atom. The first-order chi connectivity index (χ1) is 5.27. The van der Waals surface area contributed by atoms with Crippen molar-refractivity contribution in [1.82, 2.24) is 0 Å². The highest BCUT2D eigenvalue weighted by Crippen LogP contribution is 2.15. The molecule has 2 nitrogen and oxygen atoms in total. The number of terminal acetylenes is 1. The van der Waals surface area contributed by atoms with Crippen molar-refractivity contribution < 1.29 is 9.90 Å². The van der Waals surface area contributed by atoms with Crippen LogP contribution in [-0.4, -0.2) is 11.4 Å². The molecule has 0 aromatic heterocycles. The van der Waals surface area contributed by atoms with Crippen molar-refractivity contribution in [3.05, 3.63) is 29.3 Å². The van der Waals surface area contributed by atoms with E-state index in [4.69, 9.17) is 11.5 Å². The van der Waals surface area contributed by atoms with Gasteiger partial charge < -0.3 is 5.11 Å². The zero-order valence-corrected chi connectivity index (χ0v) is 5.74. The Labute approximate surface area is 64.5 Å². The van der Waals surface area contributed by atoms with E-state index in [0.29, 0.717) is 11.8 Å². The molecule has 1 aromatic rings. The Balaban J connectivity index is 3.22. The molecule has 0 heterocycles. The topological polar surface area (TPSA) is 37.3 Å². The Morgan fingerprint density at radius 2 is 2.27 bits per heavy atom. The van der Waals surface area contributed by atoms with Crippen LogP contribution in [0.4, 0.5) is 0 Å². The van der Waals surface area contributed by atoms with Crippen LogP contribution in [0.2, 0.25) is 0 Å². The van der Waals surface area contributed by atoms with Gasteiger partial charge in [-0.05, 0) is 18.2 Å². The summed E-state index contributed by atoms with van der Waals surface area (Å²) in [7, 11) is 0. The van der Waals surface area contributed by atoms with Gasteiger partial charge in [-0.3, -0.25) is 4.79 Å². The first kappa shape index (κ1) is 7.36. The van der Waals surface area contributed by atoms with Crippen molar-refractivity contribution in [2.75, 3.05) is 0 Å². The molecule has 1 N–H and O–H groups in total. The molecule has 0 aliphatic heterocycles. The molecule has 1 aromatic carbocycles. The Kier molecular flexibility index (Phi) is 1.93. The monoisotopic (exact) mass is 146 g/mol. The number of phenols is 1. The van der Waals surface area contributed by atoms with Crippen molar-refractivity contribution in [2.24, 2.45) is 0 Å². The summed E-state index contributed by atoms with van der Waals surface area (Å²) in [5.41, 5.74) is 0.817. The van der Waals surface area contributed by atoms with Crippen LogP contribution in [0.5, 0.6) is 5.75 Å². The Bertz CT molecular complexity index is 321. The van der Waals surface area contributed by atoms with Gasteiger partial charge in [-0.1, -0.05) is 5.92 Å². The standard InChI is InChI=1S/C9H6O2/c1-2-7-3-4-8(6-10)9(11)5-7/h1,3-6,11H. The predicted molar refractivity (Wildman–Crippen MR) is 41.4 cm³/mol. The van der Waals surface area contributed by atoms with E-state index in [-0.39, 0.29) is 11.3 Å². The minimum atomic E-state index is -0.0737. The quantitative estimate of drug-likeness (QED) is 0.477. The fraction of sp³-hybridized carbons (Fsp3) is 0. The third kappa shape index (κ3) is 1.39. The van der Waals surface area contributed by atoms with Gasteiger partial charge in [0.25, 0.3) is 0 Å². The van der Waals surface area contributed by atoms with Crippen LogP contribution < -0.4 is 0 Å². The number of aromatic hydroxyl groups is 1. The molecule has 0 bridgehead atoms. The molecule has 0 aliphatic carbocycles. The minimum absolute atomic E-state index is 0.0737. The van der Waals surface area contributed by atoms with E-state index in [1.54, 1.807) is 6.07 Å². The molecule has 0 radical (unpaired) electrons. The van der Waals surface area contributed by atoms with E-state index >= 15 is 0 Å². The minimum Gasteiger partial charge on any atom is -0.507 e. The molecular formula is C9H6O2. The van der Waals surface area contributed by atoms with E-state index in [1.807, 2.05) is 0 Å². The summed E-state index contributed by atoms with van der Waals surface area (Å²) in [6.07, 6.45) is 5.64. The van der Waals surface area contributed by atoms with E-state index in [9.17, 15) is 4.79 Å². The first-order valence-electron chi connectivity index (χ1n) is 3.02. The highest BCUT2D eigenvalue weighted by atomic mass is 16.3. The zero-order chi connectivity index (χ0) is 8.27. The van der Waals surface area contributed by atoms with Gasteiger partial charge in [0.2, 0.25) is 0 Å². The predicted octanol–water partition coefficient (Wildman–Crippen LogP) is 1.19. The molecule has 54 valence electrons. The van der Waals surface area contributed by atoms with Crippen molar-refractivity contribution in [1.29, 1.82) is 0 Å². The number of aldehydes is 1. The number of benzene rings is 1. The molecule has 0 atom stereocenters. The van der Waals surface area contributed by atoms with Crippen molar-refractivity contribution in [3.63, 3.8) is 0 Å². The zero-order valence-electron chi connectivity index (χ0n) is 5.74. The molecule has 11 heavy (non-hydrogen) atoms. The van der Waals surface area contributed by atoms with Crippen LogP contribution in [0.25, 0.3) is 0 Å². The SMILES string of the molecule is C#Cc1ccc(C=O)c(O)c1. The summed E-state index contributed by atoms with van der Waals surface area (Å²) in [5, 5.41) is 9.10. The summed E-state index contributed by atoms with van der Waals surface area (Å²) >= 11 is 0. The molecular weight excluding hydrogens is 140 g/mol. The molecule has 2 heteroatoms. The van der Waals surface area contributed by atoms with Crippen LogP contribution in [0, 0.1) is 12.3 Å². The highest BCUT2D eigenvalue weighted by Gasteiger charge is 1.98. The van der Waals surface area contributed by atoms with Gasteiger partial charge in [-0.25, -0.2) is 0 Å². The second-order valence-corrected chi connectivity index (χ2v) is 2.04. The second-order valence-electron chi connectivity index (χ2n) is 2.04. The van der Waals surface area contributed by atoms with Crippen molar-refractivity contribution in [2.45, 2.75) is 0 Å². The van der Waals surface area contributed by atoms with E-state index in [1.165, 1.54) is 12.1 Å². The summed E-state index contributed by atoms with van der Waals surface area (Å²) in [4.78, 5) is 10.2. The summed E-state index contributed by atoms with van der Waals surface area (Å²) in [5.74, 6) is 2.27. The smallest absolute Gasteiger partial charge is 0.153 e. The summed E-state index contributed by atoms with van der Waals surface area (Å²) in [6, 6.07) is 4.46. The summed E-state index contributed by atoms with van der Waals surface area (Å²) < 4.78 is 0. The van der Waals surface area contributed by atoms with Gasteiger partial charge >= 0.3 is 0 Å². The lowest BCUT2D eigenvalue weighted by Crippen LogP contribution is -1.81. The largest absolute Gasteiger partial charge is 0.507 e. The number of carbonyl (C=O) groups is 1. The van der Waals surface area contributed by atoms with Crippen LogP contribution in [0.3, 0.4) is 0 Å². The molecule has 0 saturated carbocycles. The second kappa shape index (κ2) is 2.89. The first-order valence-corrected chi connectivity index (χ1v) is 3.02. The van der Waals surface area contributed by atoms with Gasteiger partial charge in [0.1, 0.15) is 5.75 Å². The maximum atomic E-state index is 10.2. The number of carbonyl (C=O) groups excluding carboxylic acids is 1. The van der Waals surface area contributed by atoms with E-state index in [2.05, 4.69) is 5.92 Å². The number of hydrogen-bond acceptors (Lipinski definition) is 2. The van der Waals surface area contributed by atoms with E-state index < -0.39 is 0 Å². The van der Waals surface area contributed by atoms with Crippen LogP contribution in [0.1, 0.15) is 15.9 Å². The van der Waals surface area contributed by atoms with Crippen molar-refractivity contribution in [3.8, 4) is 18.1 Å². The Morgan fingerprint density at radius 3 is 2.73 bits per heavy atom. The fourth-order valence-electron chi connectivity index (χ4n) is 0.733. The summed E-state index contributed by atoms with van der Waals surface area (Å²) in [6.45, 7) is 0. The van der Waals surface area contributed by atoms with Crippen LogP contribution in [0.15, 0.2) is 18.2 Å². The third-order valence-electron chi connectivity index (χ3n) is 1.32. The molecule has 1 rings (SSSR count). The molecule has 0 spiro atoms. The normalized spacial score (nSPS) is 8.64. The van der Waals surface area contributed by atoms with Gasteiger partial charge in [0.05, 0.1) is 5.56 Å². The van der Waals surface area contributed by atoms with Crippen LogP contribution >= 0.6 is 0 Å². The molecule has 0 aliphatic rings. The lowest BCUT2D eigenvalue weighted by Gasteiger charge is -1.95. The van der Waals surface area contributed by atoms with E-state index in [0.717, 1.165) is 0 Å². The molecule has 0 unspecified atom stereocenters. The number of hydrogen-bond donors (Lipinski definition) is 1. The number of rotatable bonds is 1. The highest BCUT2D eigenvalue weighted by molar-refractivity contribution is 5.79. The Hall–Kier alpha value is -1.75. The van der Waals surface area contributed by atoms with Gasteiger partial charge in [0.15, 0.2) is 6.29 Å². The number of phenolic OH excluding ortho intramolecular Hbond substituents is 1. The maximum Gasteiger partial charge on any atom is 0.153 e. The van der Waals surface area contributed by atoms with Gasteiger partial charge in [-0.15, -0.1) is 6.42 Å². The maximum absolute atomic E-state index is 10.2. The lowest BCUT2D eigenvalue weighted by molar-refractivity contribution is 0.112.